The van der Waals surface area contributed by atoms with Crippen molar-refractivity contribution in [3.05, 3.63) is 17.0 Å². The third kappa shape index (κ3) is 3.19. The Morgan fingerprint density at radius 1 is 1.41 bits per heavy atom. The summed E-state index contributed by atoms with van der Waals surface area (Å²) in [6, 6.07) is 1.15. The molecule has 0 bridgehead atoms. The molecule has 0 saturated carbocycles. The van der Waals surface area contributed by atoms with Gasteiger partial charge in [0.1, 0.15) is 11.3 Å². The number of hydrogen-bond donors (Lipinski definition) is 0. The van der Waals surface area contributed by atoms with Crippen LogP contribution in [0.15, 0.2) is 6.07 Å². The van der Waals surface area contributed by atoms with E-state index in [9.17, 15) is 13.2 Å². The Morgan fingerprint density at radius 3 is 2.76 bits per heavy atom. The predicted octanol–water partition coefficient (Wildman–Crippen LogP) is 2.32. The maximum Gasteiger partial charge on any atom is 0.451 e. The second-order valence-corrected chi connectivity index (χ2v) is 3.84. The van der Waals surface area contributed by atoms with Gasteiger partial charge >= 0.3 is 6.18 Å². The lowest BCUT2D eigenvalue weighted by Gasteiger charge is -2.12. The van der Waals surface area contributed by atoms with Crippen LogP contribution in [0.4, 0.5) is 13.2 Å². The van der Waals surface area contributed by atoms with Gasteiger partial charge in [-0.1, -0.05) is 11.6 Å². The zero-order chi connectivity index (χ0) is 12.5. The summed E-state index contributed by atoms with van der Waals surface area (Å²) in [4.78, 5) is 6.37. The van der Waals surface area contributed by atoms with Crippen molar-refractivity contribution in [2.75, 3.05) is 13.2 Å². The Balaban J connectivity index is 2.19. The molecule has 1 aliphatic rings. The zero-order valence-electron chi connectivity index (χ0n) is 8.50. The minimum Gasteiger partial charge on any atom is -0.472 e. The normalized spacial score (nSPS) is 20.6. The van der Waals surface area contributed by atoms with Crippen molar-refractivity contribution in [1.82, 2.24) is 9.97 Å². The number of hydrogen-bond acceptors (Lipinski definition) is 4. The highest BCUT2D eigenvalue weighted by molar-refractivity contribution is 6.29. The molecule has 0 spiro atoms. The van der Waals surface area contributed by atoms with Crippen molar-refractivity contribution in [3.8, 4) is 5.88 Å². The fourth-order valence-electron chi connectivity index (χ4n) is 1.36. The van der Waals surface area contributed by atoms with E-state index in [2.05, 4.69) is 9.97 Å². The number of alkyl halides is 3. The molecule has 0 radical (unpaired) electrons. The third-order valence-electron chi connectivity index (χ3n) is 2.10. The minimum absolute atomic E-state index is 0.187. The second-order valence-electron chi connectivity index (χ2n) is 3.45. The maximum absolute atomic E-state index is 12.4. The third-order valence-corrected chi connectivity index (χ3v) is 2.29. The SMILES string of the molecule is FC(F)(F)c1nc(Cl)cc(OC2CCOC2)n1. The van der Waals surface area contributed by atoms with Gasteiger partial charge in [0.25, 0.3) is 0 Å². The molecule has 2 heterocycles. The molecule has 1 aromatic rings. The fraction of sp³-hybridized carbons (Fsp3) is 0.556. The average molecular weight is 269 g/mol. The lowest BCUT2D eigenvalue weighted by Crippen LogP contribution is -2.18. The molecule has 1 aromatic heterocycles. The van der Waals surface area contributed by atoms with E-state index in [1.807, 2.05) is 0 Å². The van der Waals surface area contributed by atoms with Crippen LogP contribution in [0, 0.1) is 0 Å². The Morgan fingerprint density at radius 2 is 2.18 bits per heavy atom. The average Bonchev–Trinajstić information content (AvgIpc) is 2.68. The van der Waals surface area contributed by atoms with E-state index in [1.54, 1.807) is 0 Å². The maximum atomic E-state index is 12.4. The van der Waals surface area contributed by atoms with Crippen molar-refractivity contribution >= 4 is 11.6 Å². The summed E-state index contributed by atoms with van der Waals surface area (Å²) < 4.78 is 47.5. The summed E-state index contributed by atoms with van der Waals surface area (Å²) in [5.74, 6) is -1.49. The molecule has 1 saturated heterocycles. The molecule has 4 nitrogen and oxygen atoms in total. The summed E-state index contributed by atoms with van der Waals surface area (Å²) in [7, 11) is 0. The van der Waals surface area contributed by atoms with Gasteiger partial charge in [-0.05, 0) is 0 Å². The monoisotopic (exact) mass is 268 g/mol. The number of halogens is 4. The molecule has 2 rings (SSSR count). The molecule has 0 aromatic carbocycles. The molecule has 1 unspecified atom stereocenters. The van der Waals surface area contributed by atoms with Crippen LogP contribution in [0.3, 0.4) is 0 Å². The molecule has 1 atom stereocenters. The number of ether oxygens (including phenoxy) is 2. The Bertz CT molecular complexity index is 408. The Labute approximate surface area is 99.7 Å². The van der Waals surface area contributed by atoms with Crippen molar-refractivity contribution in [3.63, 3.8) is 0 Å². The molecule has 0 aliphatic carbocycles. The van der Waals surface area contributed by atoms with Crippen molar-refractivity contribution in [2.45, 2.75) is 18.7 Å². The smallest absolute Gasteiger partial charge is 0.451 e. The summed E-state index contributed by atoms with van der Waals surface area (Å²) in [6.07, 6.45) is -4.32. The highest BCUT2D eigenvalue weighted by atomic mass is 35.5. The van der Waals surface area contributed by atoms with Gasteiger partial charge in [0.15, 0.2) is 0 Å². The Kier molecular flexibility index (Phi) is 3.39. The van der Waals surface area contributed by atoms with Gasteiger partial charge in [-0.25, -0.2) is 4.98 Å². The highest BCUT2D eigenvalue weighted by Gasteiger charge is 2.35. The van der Waals surface area contributed by atoms with Gasteiger partial charge in [0.2, 0.25) is 11.7 Å². The van der Waals surface area contributed by atoms with Crippen molar-refractivity contribution in [1.29, 1.82) is 0 Å². The van der Waals surface area contributed by atoms with Gasteiger partial charge in [-0.15, -0.1) is 0 Å². The number of rotatable bonds is 2. The molecule has 94 valence electrons. The van der Waals surface area contributed by atoms with Crippen LogP contribution in [0.25, 0.3) is 0 Å². The van der Waals surface area contributed by atoms with Gasteiger partial charge in [-0.3, -0.25) is 0 Å². The summed E-state index contributed by atoms with van der Waals surface area (Å²) in [6.45, 7) is 0.860. The van der Waals surface area contributed by atoms with Gasteiger partial charge < -0.3 is 9.47 Å². The molecular formula is C9H8ClF3N2O2. The molecule has 1 aliphatic heterocycles. The molecule has 0 N–H and O–H groups in total. The summed E-state index contributed by atoms with van der Waals surface area (Å²) in [5.41, 5.74) is 0. The van der Waals surface area contributed by atoms with E-state index >= 15 is 0 Å². The van der Waals surface area contributed by atoms with E-state index in [-0.39, 0.29) is 17.1 Å². The first kappa shape index (κ1) is 12.4. The summed E-state index contributed by atoms with van der Waals surface area (Å²) >= 11 is 5.48. The zero-order valence-corrected chi connectivity index (χ0v) is 9.25. The summed E-state index contributed by atoms with van der Waals surface area (Å²) in [5, 5.41) is -0.304. The molecule has 1 fully saturated rings. The second kappa shape index (κ2) is 4.66. The van der Waals surface area contributed by atoms with Crippen LogP contribution in [0.5, 0.6) is 5.88 Å². The predicted molar refractivity (Wildman–Crippen MR) is 51.9 cm³/mol. The van der Waals surface area contributed by atoms with Crippen LogP contribution < -0.4 is 4.74 Å². The highest BCUT2D eigenvalue weighted by Crippen LogP contribution is 2.29. The molecular weight excluding hydrogens is 261 g/mol. The first-order valence-electron chi connectivity index (χ1n) is 4.81. The lowest BCUT2D eigenvalue weighted by molar-refractivity contribution is -0.145. The molecule has 8 heteroatoms. The Hall–Kier alpha value is -1.08. The van der Waals surface area contributed by atoms with Gasteiger partial charge in [0, 0.05) is 12.5 Å². The van der Waals surface area contributed by atoms with E-state index in [1.165, 1.54) is 0 Å². The van der Waals surface area contributed by atoms with Gasteiger partial charge in [0.05, 0.1) is 13.2 Å². The topological polar surface area (TPSA) is 44.2 Å². The van der Waals surface area contributed by atoms with E-state index in [4.69, 9.17) is 21.1 Å². The first-order chi connectivity index (χ1) is 7.95. The van der Waals surface area contributed by atoms with Crippen LogP contribution in [-0.2, 0) is 10.9 Å². The van der Waals surface area contributed by atoms with Crippen LogP contribution in [0.1, 0.15) is 12.2 Å². The number of aromatic nitrogens is 2. The molecule has 0 amide bonds. The van der Waals surface area contributed by atoms with Crippen molar-refractivity contribution in [2.24, 2.45) is 0 Å². The standard InChI is InChI=1S/C9H8ClF3N2O2/c10-6-3-7(17-5-1-2-16-4-5)15-8(14-6)9(11,12)13/h3,5H,1-2,4H2. The minimum atomic E-state index is -4.64. The first-order valence-corrected chi connectivity index (χ1v) is 5.19. The quantitative estimate of drug-likeness (QED) is 0.772. The van der Waals surface area contributed by atoms with Crippen LogP contribution in [0.2, 0.25) is 5.15 Å². The van der Waals surface area contributed by atoms with E-state index in [0.717, 1.165) is 6.07 Å². The van der Waals surface area contributed by atoms with Crippen molar-refractivity contribution < 1.29 is 22.6 Å². The van der Waals surface area contributed by atoms with E-state index in [0.29, 0.717) is 19.6 Å². The van der Waals surface area contributed by atoms with E-state index < -0.39 is 12.0 Å². The molecule has 17 heavy (non-hydrogen) atoms. The lowest BCUT2D eigenvalue weighted by atomic mass is 10.3. The van der Waals surface area contributed by atoms with Crippen LogP contribution in [-0.4, -0.2) is 29.3 Å². The van der Waals surface area contributed by atoms with Gasteiger partial charge in [-0.2, -0.15) is 18.2 Å². The van der Waals surface area contributed by atoms with Crippen LogP contribution >= 0.6 is 11.6 Å². The number of nitrogens with zero attached hydrogens (tertiary/aromatic N) is 2. The fourth-order valence-corrected chi connectivity index (χ4v) is 1.53. The largest absolute Gasteiger partial charge is 0.472 e.